The summed E-state index contributed by atoms with van der Waals surface area (Å²) in [6.45, 7) is 2.77. The zero-order chi connectivity index (χ0) is 17.6. The number of benzene rings is 1. The van der Waals surface area contributed by atoms with Crippen molar-refractivity contribution in [3.05, 3.63) is 43.0 Å². The van der Waals surface area contributed by atoms with Crippen LogP contribution in [0, 0.1) is 0 Å². The highest BCUT2D eigenvalue weighted by atomic mass is 16.5. The molecule has 0 spiro atoms. The van der Waals surface area contributed by atoms with Crippen LogP contribution in [-0.4, -0.2) is 34.5 Å². The number of nitrogens with zero attached hydrogens (tertiary/aromatic N) is 2. The Morgan fingerprint density at radius 3 is 1.96 bits per heavy atom. The van der Waals surface area contributed by atoms with Gasteiger partial charge < -0.3 is 19.1 Å². The van der Waals surface area contributed by atoms with Crippen molar-refractivity contribution >= 4 is 0 Å². The Kier molecular flexibility index (Phi) is 9.56. The molecule has 0 fully saturated rings. The quantitative estimate of drug-likeness (QED) is 0.524. The summed E-state index contributed by atoms with van der Waals surface area (Å²) in [5.41, 5.74) is 0. The van der Waals surface area contributed by atoms with E-state index in [2.05, 4.69) is 9.55 Å². The molecule has 1 aromatic carbocycles. The van der Waals surface area contributed by atoms with Crippen LogP contribution in [0.2, 0.25) is 0 Å². The number of ether oxygens (including phenoxy) is 2. The van der Waals surface area contributed by atoms with E-state index in [0.717, 1.165) is 76.2 Å². The summed E-state index contributed by atoms with van der Waals surface area (Å²) in [5.74, 6) is 1.78. The van der Waals surface area contributed by atoms with Crippen LogP contribution in [0.25, 0.3) is 0 Å². The van der Waals surface area contributed by atoms with Crippen LogP contribution in [0.15, 0.2) is 43.0 Å². The Morgan fingerprint density at radius 2 is 1.40 bits per heavy atom. The number of aliphatic hydroxyl groups excluding tert-OH is 1. The minimum Gasteiger partial charge on any atom is -0.494 e. The van der Waals surface area contributed by atoms with Crippen molar-refractivity contribution in [1.29, 1.82) is 0 Å². The standard InChI is InChI=1S/C20H30N2O3/c23-15-5-1-2-6-16-24-19-8-10-20(11-9-19)25-17-7-3-4-13-22-14-12-21-18-22/h8-12,14,18,23H,1-7,13,15-17H2. The molecule has 0 saturated heterocycles. The normalized spacial score (nSPS) is 10.8. The molecule has 2 aromatic rings. The van der Waals surface area contributed by atoms with Crippen molar-refractivity contribution in [1.82, 2.24) is 9.55 Å². The molecule has 0 atom stereocenters. The number of rotatable bonds is 14. The Hall–Kier alpha value is -2.01. The molecule has 5 nitrogen and oxygen atoms in total. The van der Waals surface area contributed by atoms with Crippen LogP contribution in [0.4, 0.5) is 0 Å². The summed E-state index contributed by atoms with van der Waals surface area (Å²) >= 11 is 0. The molecule has 0 aliphatic heterocycles. The fourth-order valence-corrected chi connectivity index (χ4v) is 2.57. The predicted molar refractivity (Wildman–Crippen MR) is 99.1 cm³/mol. The molecule has 1 aromatic heterocycles. The van der Waals surface area contributed by atoms with Gasteiger partial charge in [-0.15, -0.1) is 0 Å². The van der Waals surface area contributed by atoms with E-state index in [0.29, 0.717) is 0 Å². The van der Waals surface area contributed by atoms with E-state index in [1.54, 1.807) is 0 Å². The number of imidazole rings is 1. The van der Waals surface area contributed by atoms with Gasteiger partial charge in [-0.2, -0.15) is 0 Å². The molecule has 2 rings (SSSR count). The highest BCUT2D eigenvalue weighted by Gasteiger charge is 1.98. The third-order valence-corrected chi connectivity index (χ3v) is 4.03. The summed E-state index contributed by atoms with van der Waals surface area (Å²) in [5, 5.41) is 8.72. The van der Waals surface area contributed by atoms with Crippen molar-refractivity contribution in [3.63, 3.8) is 0 Å². The Bertz CT molecular complexity index is 541. The van der Waals surface area contributed by atoms with Crippen molar-refractivity contribution in [2.24, 2.45) is 0 Å². The molecule has 25 heavy (non-hydrogen) atoms. The van der Waals surface area contributed by atoms with Crippen molar-refractivity contribution < 1.29 is 14.6 Å². The van der Waals surface area contributed by atoms with Crippen molar-refractivity contribution in [3.8, 4) is 11.5 Å². The van der Waals surface area contributed by atoms with Gasteiger partial charge in [0, 0.05) is 25.5 Å². The van der Waals surface area contributed by atoms with Gasteiger partial charge in [0.2, 0.25) is 0 Å². The van der Waals surface area contributed by atoms with Gasteiger partial charge in [0.1, 0.15) is 11.5 Å². The summed E-state index contributed by atoms with van der Waals surface area (Å²) in [6.07, 6.45) is 13.1. The van der Waals surface area contributed by atoms with Gasteiger partial charge in [0.05, 0.1) is 19.5 Å². The molecule has 0 aliphatic carbocycles. The predicted octanol–water partition coefficient (Wildman–Crippen LogP) is 4.06. The molecule has 5 heteroatoms. The maximum absolute atomic E-state index is 8.72. The average molecular weight is 346 g/mol. The van der Waals surface area contributed by atoms with Gasteiger partial charge in [-0.1, -0.05) is 6.42 Å². The van der Waals surface area contributed by atoms with Crippen LogP contribution < -0.4 is 9.47 Å². The van der Waals surface area contributed by atoms with E-state index in [9.17, 15) is 0 Å². The molecular weight excluding hydrogens is 316 g/mol. The smallest absolute Gasteiger partial charge is 0.119 e. The first-order chi connectivity index (χ1) is 12.4. The van der Waals surface area contributed by atoms with Crippen LogP contribution in [0.3, 0.4) is 0 Å². The second kappa shape index (κ2) is 12.4. The van der Waals surface area contributed by atoms with Gasteiger partial charge in [-0.05, 0) is 62.8 Å². The lowest BCUT2D eigenvalue weighted by Crippen LogP contribution is -2.00. The highest BCUT2D eigenvalue weighted by molar-refractivity contribution is 5.31. The third kappa shape index (κ3) is 8.59. The van der Waals surface area contributed by atoms with Crippen LogP contribution in [-0.2, 0) is 6.54 Å². The van der Waals surface area contributed by atoms with Gasteiger partial charge in [-0.3, -0.25) is 0 Å². The summed E-state index contributed by atoms with van der Waals surface area (Å²) in [6, 6.07) is 7.85. The number of aromatic nitrogens is 2. The minimum atomic E-state index is 0.285. The fraction of sp³-hybridized carbons (Fsp3) is 0.550. The molecule has 1 heterocycles. The largest absolute Gasteiger partial charge is 0.494 e. The number of aryl methyl sites for hydroxylation is 1. The van der Waals surface area contributed by atoms with E-state index >= 15 is 0 Å². The van der Waals surface area contributed by atoms with Crippen molar-refractivity contribution in [2.45, 2.75) is 51.5 Å². The molecule has 0 bridgehead atoms. The summed E-state index contributed by atoms with van der Waals surface area (Å²) < 4.78 is 13.6. The lowest BCUT2D eigenvalue weighted by atomic mass is 10.2. The lowest BCUT2D eigenvalue weighted by Gasteiger charge is -2.09. The van der Waals surface area contributed by atoms with Gasteiger partial charge in [-0.25, -0.2) is 4.98 Å². The zero-order valence-electron chi connectivity index (χ0n) is 15.0. The third-order valence-electron chi connectivity index (χ3n) is 4.03. The van der Waals surface area contributed by atoms with Crippen LogP contribution in [0.5, 0.6) is 11.5 Å². The van der Waals surface area contributed by atoms with Gasteiger partial charge in [0.25, 0.3) is 0 Å². The summed E-state index contributed by atoms with van der Waals surface area (Å²) in [4.78, 5) is 4.04. The fourth-order valence-electron chi connectivity index (χ4n) is 2.57. The molecule has 0 radical (unpaired) electrons. The first-order valence-electron chi connectivity index (χ1n) is 9.31. The Morgan fingerprint density at radius 1 is 0.800 bits per heavy atom. The number of hydrogen-bond acceptors (Lipinski definition) is 4. The topological polar surface area (TPSA) is 56.5 Å². The van der Waals surface area contributed by atoms with Gasteiger partial charge >= 0.3 is 0 Å². The van der Waals surface area contributed by atoms with E-state index in [-0.39, 0.29) is 6.61 Å². The number of hydrogen-bond donors (Lipinski definition) is 1. The molecule has 0 saturated carbocycles. The number of aliphatic hydroxyl groups is 1. The van der Waals surface area contributed by atoms with Crippen molar-refractivity contribution in [2.75, 3.05) is 19.8 Å². The molecule has 0 aliphatic rings. The number of unbranched alkanes of at least 4 members (excludes halogenated alkanes) is 5. The maximum atomic E-state index is 8.72. The minimum absolute atomic E-state index is 0.285. The second-order valence-corrected chi connectivity index (χ2v) is 6.17. The van der Waals surface area contributed by atoms with Crippen LogP contribution in [0.1, 0.15) is 44.9 Å². The summed E-state index contributed by atoms with van der Waals surface area (Å²) in [7, 11) is 0. The average Bonchev–Trinajstić information content (AvgIpc) is 3.15. The molecule has 0 unspecified atom stereocenters. The first-order valence-corrected chi connectivity index (χ1v) is 9.31. The van der Waals surface area contributed by atoms with Crippen LogP contribution >= 0.6 is 0 Å². The molecule has 0 amide bonds. The van der Waals surface area contributed by atoms with E-state index in [4.69, 9.17) is 14.6 Å². The van der Waals surface area contributed by atoms with E-state index in [1.165, 1.54) is 0 Å². The Balaban J connectivity index is 1.49. The zero-order valence-corrected chi connectivity index (χ0v) is 15.0. The lowest BCUT2D eigenvalue weighted by molar-refractivity contribution is 0.273. The highest BCUT2D eigenvalue weighted by Crippen LogP contribution is 2.18. The van der Waals surface area contributed by atoms with E-state index < -0.39 is 0 Å². The monoisotopic (exact) mass is 346 g/mol. The molecule has 1 N–H and O–H groups in total. The second-order valence-electron chi connectivity index (χ2n) is 6.17. The molecule has 138 valence electrons. The Labute approximate surface area is 150 Å². The first kappa shape index (κ1) is 19.3. The SMILES string of the molecule is OCCCCCCOc1ccc(OCCCCCn2ccnc2)cc1. The maximum Gasteiger partial charge on any atom is 0.119 e. The van der Waals surface area contributed by atoms with E-state index in [1.807, 2.05) is 43.0 Å². The van der Waals surface area contributed by atoms with Gasteiger partial charge in [0.15, 0.2) is 0 Å². The molecular formula is C20H30N2O3.